The normalized spacial score (nSPS) is 26.2. The number of aromatic nitrogens is 1. The van der Waals surface area contributed by atoms with Crippen LogP contribution < -0.4 is 10.7 Å². The van der Waals surface area contributed by atoms with Gasteiger partial charge in [0.1, 0.15) is 28.6 Å². The zero-order chi connectivity index (χ0) is 26.9. The standard InChI is InChI=1S/C23H20F5N3O6/c1-10-2-3-22(9-36-23(27,28)37-22)16-8-30(10)21(35)17-19(33)18(32)13(7-31(16)17)20(34)29-6-12-14(25)4-11(24)5-15(12)26/h4-5,7,10,16,33H,2-3,6,8-9H2,1H3,(H,29,34)/t10-,16+,22-/m0/s1. The Hall–Kier alpha value is -3.52. The number of hydrogen-bond acceptors (Lipinski definition) is 6. The fourth-order valence-electron chi connectivity index (χ4n) is 5.10. The van der Waals surface area contributed by atoms with Gasteiger partial charge in [-0.2, -0.15) is 0 Å². The Morgan fingerprint density at radius 1 is 1.22 bits per heavy atom. The van der Waals surface area contributed by atoms with Gasteiger partial charge in [0.15, 0.2) is 11.4 Å². The monoisotopic (exact) mass is 529 g/mol. The van der Waals surface area contributed by atoms with Crippen LogP contribution in [0.15, 0.2) is 23.1 Å². The Morgan fingerprint density at radius 2 is 1.89 bits per heavy atom. The Kier molecular flexibility index (Phi) is 5.79. The predicted molar refractivity (Wildman–Crippen MR) is 113 cm³/mol. The zero-order valence-electron chi connectivity index (χ0n) is 19.2. The lowest BCUT2D eigenvalue weighted by Gasteiger charge is -2.42. The van der Waals surface area contributed by atoms with Gasteiger partial charge in [0, 0.05) is 43.0 Å². The first-order valence-electron chi connectivity index (χ1n) is 11.3. The van der Waals surface area contributed by atoms with Crippen LogP contribution in [0.25, 0.3) is 0 Å². The molecule has 2 saturated heterocycles. The smallest absolute Gasteiger partial charge is 0.486 e. The number of ether oxygens (including phenoxy) is 2. The molecule has 1 spiro atoms. The minimum atomic E-state index is -3.91. The van der Waals surface area contributed by atoms with Crippen LogP contribution >= 0.6 is 0 Å². The molecule has 0 saturated carbocycles. The molecule has 3 atom stereocenters. The van der Waals surface area contributed by atoms with E-state index in [2.05, 4.69) is 10.1 Å². The largest absolute Gasteiger partial charge is 0.503 e. The molecule has 2 amide bonds. The van der Waals surface area contributed by atoms with Crippen molar-refractivity contribution in [2.45, 2.75) is 50.3 Å². The Labute approximate surface area is 205 Å². The van der Waals surface area contributed by atoms with Crippen molar-refractivity contribution in [2.24, 2.45) is 0 Å². The third-order valence-corrected chi connectivity index (χ3v) is 7.09. The van der Waals surface area contributed by atoms with Gasteiger partial charge in [-0.05, 0) is 19.8 Å². The van der Waals surface area contributed by atoms with Gasteiger partial charge in [-0.25, -0.2) is 13.2 Å². The maximum Gasteiger partial charge on any atom is 0.486 e. The maximum absolute atomic E-state index is 14.0. The minimum Gasteiger partial charge on any atom is -0.503 e. The highest BCUT2D eigenvalue weighted by molar-refractivity contribution is 5.99. The quantitative estimate of drug-likeness (QED) is 0.592. The molecule has 37 heavy (non-hydrogen) atoms. The molecule has 0 radical (unpaired) electrons. The molecular weight excluding hydrogens is 509 g/mol. The molecule has 198 valence electrons. The van der Waals surface area contributed by atoms with Crippen molar-refractivity contribution in [1.29, 1.82) is 0 Å². The summed E-state index contributed by atoms with van der Waals surface area (Å²) in [6.45, 7) is 0.208. The second-order valence-electron chi connectivity index (χ2n) is 9.29. The molecule has 2 fully saturated rings. The summed E-state index contributed by atoms with van der Waals surface area (Å²) in [4.78, 5) is 40.2. The van der Waals surface area contributed by atoms with E-state index in [9.17, 15) is 41.4 Å². The van der Waals surface area contributed by atoms with Crippen LogP contribution in [0.2, 0.25) is 0 Å². The molecule has 0 aliphatic carbocycles. The van der Waals surface area contributed by atoms with Crippen molar-refractivity contribution in [3.8, 4) is 5.75 Å². The average molecular weight is 529 g/mol. The molecule has 3 aliphatic heterocycles. The molecular formula is C23H20F5N3O6. The lowest BCUT2D eigenvalue weighted by Crippen LogP contribution is -2.53. The summed E-state index contributed by atoms with van der Waals surface area (Å²) in [6, 6.07) is -0.705. The second kappa shape index (κ2) is 8.52. The minimum absolute atomic E-state index is 0.0369. The van der Waals surface area contributed by atoms with E-state index in [1.165, 1.54) is 4.90 Å². The van der Waals surface area contributed by atoms with Crippen molar-refractivity contribution in [2.75, 3.05) is 13.2 Å². The predicted octanol–water partition coefficient (Wildman–Crippen LogP) is 2.42. The number of aromatic hydroxyl groups is 1. The summed E-state index contributed by atoms with van der Waals surface area (Å²) in [5.41, 5.74) is -4.83. The van der Waals surface area contributed by atoms with Crippen LogP contribution in [0.3, 0.4) is 0 Å². The van der Waals surface area contributed by atoms with Crippen LogP contribution in [-0.2, 0) is 16.0 Å². The first-order chi connectivity index (χ1) is 17.3. The van der Waals surface area contributed by atoms with Gasteiger partial charge >= 0.3 is 6.29 Å². The molecule has 2 N–H and O–H groups in total. The van der Waals surface area contributed by atoms with Crippen molar-refractivity contribution in [3.63, 3.8) is 0 Å². The lowest BCUT2D eigenvalue weighted by atomic mass is 9.89. The Bertz CT molecular complexity index is 1360. The van der Waals surface area contributed by atoms with Crippen LogP contribution in [-0.4, -0.2) is 57.5 Å². The van der Waals surface area contributed by atoms with Crippen LogP contribution in [0.4, 0.5) is 22.0 Å². The second-order valence-corrected chi connectivity index (χ2v) is 9.29. The highest BCUT2D eigenvalue weighted by Crippen LogP contribution is 2.48. The summed E-state index contributed by atoms with van der Waals surface area (Å²) in [5, 5.41) is 12.8. The summed E-state index contributed by atoms with van der Waals surface area (Å²) in [7, 11) is 0. The van der Waals surface area contributed by atoms with Crippen molar-refractivity contribution >= 4 is 11.8 Å². The zero-order valence-corrected chi connectivity index (χ0v) is 19.2. The van der Waals surface area contributed by atoms with Crippen LogP contribution in [0, 0.1) is 17.5 Å². The number of carbonyl (C=O) groups excluding carboxylic acids is 2. The number of fused-ring (bicyclic) bond motifs is 5. The Balaban J connectivity index is 1.56. The summed E-state index contributed by atoms with van der Waals surface area (Å²) < 4.78 is 79.6. The van der Waals surface area contributed by atoms with Crippen molar-refractivity contribution < 1.29 is 46.1 Å². The third-order valence-electron chi connectivity index (χ3n) is 7.09. The van der Waals surface area contributed by atoms with E-state index in [1.807, 2.05) is 0 Å². The molecule has 1 aromatic heterocycles. The van der Waals surface area contributed by atoms with E-state index in [4.69, 9.17) is 4.74 Å². The molecule has 0 unspecified atom stereocenters. The Morgan fingerprint density at radius 3 is 2.51 bits per heavy atom. The summed E-state index contributed by atoms with van der Waals surface area (Å²) in [5.74, 6) is -6.75. The fourth-order valence-corrected chi connectivity index (χ4v) is 5.10. The molecule has 5 rings (SSSR count). The number of pyridine rings is 1. The third kappa shape index (κ3) is 4.03. The molecule has 4 heterocycles. The molecule has 2 bridgehead atoms. The number of benzene rings is 1. The lowest BCUT2D eigenvalue weighted by molar-refractivity contribution is -0.359. The van der Waals surface area contributed by atoms with Crippen LogP contribution in [0.5, 0.6) is 5.75 Å². The number of rotatable bonds is 3. The highest BCUT2D eigenvalue weighted by atomic mass is 19.3. The van der Waals surface area contributed by atoms with Gasteiger partial charge in [0.25, 0.3) is 11.8 Å². The molecule has 1 aromatic carbocycles. The number of halogens is 5. The van der Waals surface area contributed by atoms with Gasteiger partial charge in [0.2, 0.25) is 5.43 Å². The molecule has 9 nitrogen and oxygen atoms in total. The summed E-state index contributed by atoms with van der Waals surface area (Å²) >= 11 is 0. The van der Waals surface area contributed by atoms with Crippen molar-refractivity contribution in [1.82, 2.24) is 14.8 Å². The fraction of sp³-hybridized carbons (Fsp3) is 0.435. The van der Waals surface area contributed by atoms with Gasteiger partial charge in [0.05, 0.1) is 12.6 Å². The number of amides is 2. The number of nitrogens with one attached hydrogen (secondary N) is 1. The molecule has 14 heteroatoms. The van der Waals surface area contributed by atoms with E-state index >= 15 is 0 Å². The average Bonchev–Trinajstić information content (AvgIpc) is 3.07. The SMILES string of the molecule is C[C@H]1CC[C@]2(COC(F)(F)O2)[C@H]2CN1C(=O)c1c(O)c(=O)c(C(=O)NCc3c(F)cc(F)cc3F)cn12. The topological polar surface area (TPSA) is 110 Å². The first-order valence-corrected chi connectivity index (χ1v) is 11.3. The van der Waals surface area contributed by atoms with Gasteiger partial charge in [-0.15, -0.1) is 8.78 Å². The van der Waals surface area contributed by atoms with E-state index in [1.54, 1.807) is 6.92 Å². The number of hydrogen-bond donors (Lipinski definition) is 2. The molecule has 3 aliphatic rings. The number of carbonyl (C=O) groups is 2. The number of alkyl halides is 2. The first kappa shape index (κ1) is 25.1. The molecule has 2 aromatic rings. The van der Waals surface area contributed by atoms with Gasteiger partial charge in [-0.1, -0.05) is 0 Å². The summed E-state index contributed by atoms with van der Waals surface area (Å²) in [6.07, 6.45) is -2.70. The van der Waals surface area contributed by atoms with E-state index < -0.39 is 94.4 Å². The maximum atomic E-state index is 14.0. The highest BCUT2D eigenvalue weighted by Gasteiger charge is 2.60. The van der Waals surface area contributed by atoms with Crippen LogP contribution in [0.1, 0.15) is 52.2 Å². The van der Waals surface area contributed by atoms with Crippen molar-refractivity contribution in [3.05, 3.63) is 62.8 Å². The van der Waals surface area contributed by atoms with E-state index in [0.29, 0.717) is 12.1 Å². The van der Waals surface area contributed by atoms with Gasteiger partial charge in [-0.3, -0.25) is 23.9 Å². The van der Waals surface area contributed by atoms with E-state index in [-0.39, 0.29) is 19.4 Å². The van der Waals surface area contributed by atoms with Gasteiger partial charge < -0.3 is 19.9 Å². The number of nitrogens with zero attached hydrogens (tertiary/aromatic N) is 2. The van der Waals surface area contributed by atoms with E-state index in [0.717, 1.165) is 10.8 Å².